The summed E-state index contributed by atoms with van der Waals surface area (Å²) in [6.45, 7) is 4.11. The normalized spacial score (nSPS) is 16.8. The highest BCUT2D eigenvalue weighted by atomic mass is 32.1. The van der Waals surface area contributed by atoms with Crippen LogP contribution in [0.25, 0.3) is 0 Å². The van der Waals surface area contributed by atoms with Gasteiger partial charge in [0.25, 0.3) is 5.91 Å². The average molecular weight is 414 g/mol. The van der Waals surface area contributed by atoms with Crippen molar-refractivity contribution >= 4 is 28.9 Å². The molecule has 1 heterocycles. The van der Waals surface area contributed by atoms with Crippen LogP contribution < -0.4 is 20.1 Å². The van der Waals surface area contributed by atoms with Crippen LogP contribution in [0, 0.1) is 0 Å². The maximum Gasteiger partial charge on any atom is 0.253 e. The summed E-state index contributed by atoms with van der Waals surface area (Å²) < 4.78 is 11.4. The third-order valence-corrected chi connectivity index (χ3v) is 5.00. The number of nitrogens with zero attached hydrogens (tertiary/aromatic N) is 1. The Morgan fingerprint density at radius 3 is 2.52 bits per heavy atom. The largest absolute Gasteiger partial charge is 0.497 e. The van der Waals surface area contributed by atoms with Crippen LogP contribution in [0.4, 0.5) is 5.69 Å². The fourth-order valence-electron chi connectivity index (χ4n) is 3.37. The number of nitrogens with one attached hydrogen (secondary N) is 2. The van der Waals surface area contributed by atoms with Crippen LogP contribution in [0.15, 0.2) is 42.5 Å². The van der Waals surface area contributed by atoms with Crippen LogP contribution in [0.1, 0.15) is 42.2 Å². The Morgan fingerprint density at radius 1 is 1.21 bits per heavy atom. The van der Waals surface area contributed by atoms with Gasteiger partial charge in [-0.1, -0.05) is 0 Å². The molecule has 1 amide bonds. The van der Waals surface area contributed by atoms with Crippen molar-refractivity contribution in [2.45, 2.75) is 31.9 Å². The first-order chi connectivity index (χ1) is 13.7. The summed E-state index contributed by atoms with van der Waals surface area (Å²) in [6.07, 6.45) is 0.768. The third-order valence-electron chi connectivity index (χ3n) is 4.78. The maximum atomic E-state index is 12.0. The predicted octanol–water partition coefficient (Wildman–Crippen LogP) is 3.99. The van der Waals surface area contributed by atoms with Gasteiger partial charge in [0.1, 0.15) is 17.1 Å². The molecule has 1 aliphatic rings. The van der Waals surface area contributed by atoms with Crippen LogP contribution in [0.3, 0.4) is 0 Å². The van der Waals surface area contributed by atoms with Gasteiger partial charge in [-0.2, -0.15) is 0 Å². The number of rotatable bonds is 4. The first-order valence-electron chi connectivity index (χ1n) is 9.45. The molecule has 29 heavy (non-hydrogen) atoms. The quantitative estimate of drug-likeness (QED) is 0.739. The van der Waals surface area contributed by atoms with Gasteiger partial charge in [0.05, 0.1) is 13.2 Å². The van der Waals surface area contributed by atoms with E-state index >= 15 is 0 Å². The number of benzene rings is 2. The number of hydrogen-bond donors (Lipinski definition) is 2. The van der Waals surface area contributed by atoms with E-state index in [9.17, 15) is 4.79 Å². The second-order valence-electron chi connectivity index (χ2n) is 7.90. The third kappa shape index (κ3) is 4.98. The number of hydrogen-bond acceptors (Lipinski definition) is 4. The molecule has 1 atom stereocenters. The molecule has 6 nitrogen and oxygen atoms in total. The van der Waals surface area contributed by atoms with Crippen molar-refractivity contribution in [3.8, 4) is 11.5 Å². The molecule has 1 aliphatic heterocycles. The summed E-state index contributed by atoms with van der Waals surface area (Å²) in [4.78, 5) is 13.6. The summed E-state index contributed by atoms with van der Waals surface area (Å²) >= 11 is 5.53. The molecule has 0 spiro atoms. The fourth-order valence-corrected chi connectivity index (χ4v) is 3.63. The van der Waals surface area contributed by atoms with E-state index in [-0.39, 0.29) is 17.6 Å². The minimum Gasteiger partial charge on any atom is -0.497 e. The molecule has 2 N–H and O–H groups in total. The van der Waals surface area contributed by atoms with Crippen molar-refractivity contribution in [1.82, 2.24) is 10.2 Å². The van der Waals surface area contributed by atoms with Gasteiger partial charge < -0.3 is 25.0 Å². The summed E-state index contributed by atoms with van der Waals surface area (Å²) in [5.41, 5.74) is 2.16. The number of amides is 1. The SMILES string of the molecule is COc1ccc2c(c1)OC(C)(C)CC2NC(=S)Nc1ccc(C(=O)N(C)C)cc1. The van der Waals surface area contributed by atoms with E-state index in [1.165, 1.54) is 0 Å². The fraction of sp³-hybridized carbons (Fsp3) is 0.364. The molecular formula is C22H27N3O3S. The second-order valence-corrected chi connectivity index (χ2v) is 8.31. The molecule has 154 valence electrons. The highest BCUT2D eigenvalue weighted by Crippen LogP contribution is 2.41. The van der Waals surface area contributed by atoms with Gasteiger partial charge in [0, 0.05) is 43.4 Å². The van der Waals surface area contributed by atoms with Crippen LogP contribution in [-0.4, -0.2) is 42.7 Å². The first kappa shape index (κ1) is 20.9. The number of fused-ring (bicyclic) bond motifs is 1. The Morgan fingerprint density at radius 2 is 1.90 bits per heavy atom. The smallest absolute Gasteiger partial charge is 0.253 e. The Bertz CT molecular complexity index is 910. The van der Waals surface area contributed by atoms with Gasteiger partial charge in [-0.15, -0.1) is 0 Å². The predicted molar refractivity (Wildman–Crippen MR) is 119 cm³/mol. The number of ether oxygens (including phenoxy) is 2. The summed E-state index contributed by atoms with van der Waals surface area (Å²) in [6, 6.07) is 13.1. The zero-order valence-corrected chi connectivity index (χ0v) is 18.2. The summed E-state index contributed by atoms with van der Waals surface area (Å²) in [5.74, 6) is 1.52. The van der Waals surface area contributed by atoms with E-state index in [4.69, 9.17) is 21.7 Å². The molecule has 0 radical (unpaired) electrons. The van der Waals surface area contributed by atoms with E-state index in [0.29, 0.717) is 10.7 Å². The molecular weight excluding hydrogens is 386 g/mol. The molecule has 0 aliphatic carbocycles. The minimum absolute atomic E-state index is 0.00856. The highest BCUT2D eigenvalue weighted by Gasteiger charge is 2.34. The number of carbonyl (C=O) groups excluding carboxylic acids is 1. The Kier molecular flexibility index (Phi) is 5.98. The van der Waals surface area contributed by atoms with E-state index in [2.05, 4.69) is 24.5 Å². The molecule has 3 rings (SSSR count). The molecule has 2 aromatic rings. The standard InChI is InChI=1S/C22H27N3O3S/c1-22(2)13-18(17-11-10-16(27-5)12-19(17)28-22)24-21(29)23-15-8-6-14(7-9-15)20(26)25(3)4/h6-12,18H,13H2,1-5H3,(H2,23,24,29). The van der Waals surface area contributed by atoms with E-state index in [1.807, 2.05) is 30.3 Å². The van der Waals surface area contributed by atoms with Crippen LogP contribution in [0.5, 0.6) is 11.5 Å². The topological polar surface area (TPSA) is 62.8 Å². The van der Waals surface area contributed by atoms with Crippen molar-refractivity contribution in [1.29, 1.82) is 0 Å². The lowest BCUT2D eigenvalue weighted by molar-refractivity contribution is 0.0693. The molecule has 0 saturated heterocycles. The lowest BCUT2D eigenvalue weighted by Crippen LogP contribution is -2.42. The van der Waals surface area contributed by atoms with E-state index in [0.717, 1.165) is 29.2 Å². The number of thiocarbonyl (C=S) groups is 1. The van der Waals surface area contributed by atoms with Crippen molar-refractivity contribution < 1.29 is 14.3 Å². The number of carbonyl (C=O) groups is 1. The Labute approximate surface area is 177 Å². The van der Waals surface area contributed by atoms with Crippen molar-refractivity contribution in [3.05, 3.63) is 53.6 Å². The van der Waals surface area contributed by atoms with Gasteiger partial charge >= 0.3 is 0 Å². The van der Waals surface area contributed by atoms with Gasteiger partial charge in [-0.3, -0.25) is 4.79 Å². The van der Waals surface area contributed by atoms with E-state index in [1.54, 1.807) is 38.2 Å². The van der Waals surface area contributed by atoms with Gasteiger partial charge in [0.15, 0.2) is 5.11 Å². The molecule has 0 fully saturated rings. The number of methoxy groups -OCH3 is 1. The summed E-state index contributed by atoms with van der Waals surface area (Å²) in [5, 5.41) is 7.11. The first-order valence-corrected chi connectivity index (χ1v) is 9.85. The molecule has 2 aromatic carbocycles. The monoisotopic (exact) mass is 413 g/mol. The highest BCUT2D eigenvalue weighted by molar-refractivity contribution is 7.80. The lowest BCUT2D eigenvalue weighted by atomic mass is 9.89. The van der Waals surface area contributed by atoms with Crippen molar-refractivity contribution in [2.24, 2.45) is 0 Å². The van der Waals surface area contributed by atoms with E-state index < -0.39 is 0 Å². The lowest BCUT2D eigenvalue weighted by Gasteiger charge is -2.38. The van der Waals surface area contributed by atoms with Crippen LogP contribution >= 0.6 is 12.2 Å². The Balaban J connectivity index is 1.71. The van der Waals surface area contributed by atoms with Crippen molar-refractivity contribution in [2.75, 3.05) is 26.5 Å². The van der Waals surface area contributed by atoms with Gasteiger partial charge in [-0.25, -0.2) is 0 Å². The van der Waals surface area contributed by atoms with Crippen LogP contribution in [-0.2, 0) is 0 Å². The summed E-state index contributed by atoms with van der Waals surface area (Å²) in [7, 11) is 5.11. The second kappa shape index (κ2) is 8.29. The Hall–Kier alpha value is -2.80. The van der Waals surface area contributed by atoms with Crippen molar-refractivity contribution in [3.63, 3.8) is 0 Å². The maximum absolute atomic E-state index is 12.0. The van der Waals surface area contributed by atoms with Crippen LogP contribution in [0.2, 0.25) is 0 Å². The zero-order valence-electron chi connectivity index (χ0n) is 17.4. The van der Waals surface area contributed by atoms with Gasteiger partial charge in [-0.05, 0) is 62.5 Å². The minimum atomic E-state index is -0.333. The molecule has 0 aromatic heterocycles. The van der Waals surface area contributed by atoms with Gasteiger partial charge in [0.2, 0.25) is 0 Å². The average Bonchev–Trinajstić information content (AvgIpc) is 2.66. The molecule has 0 bridgehead atoms. The number of anilines is 1. The molecule has 7 heteroatoms. The molecule has 0 saturated carbocycles. The molecule has 1 unspecified atom stereocenters. The zero-order chi connectivity index (χ0) is 21.2.